The second-order valence-corrected chi connectivity index (χ2v) is 5.36. The Morgan fingerprint density at radius 3 is 2.41 bits per heavy atom. The Morgan fingerprint density at radius 1 is 1.18 bits per heavy atom. The Balaban J connectivity index is 0.000000980. The zero-order valence-electron chi connectivity index (χ0n) is 13.7. The van der Waals surface area contributed by atoms with Gasteiger partial charge in [0, 0.05) is 13.1 Å². The molecule has 0 saturated carbocycles. The maximum atomic E-state index is 11.3. The van der Waals surface area contributed by atoms with Gasteiger partial charge in [-0.15, -0.1) is 0 Å². The molecule has 0 aromatic carbocycles. The summed E-state index contributed by atoms with van der Waals surface area (Å²) >= 11 is 0. The zero-order valence-corrected chi connectivity index (χ0v) is 13.7. The van der Waals surface area contributed by atoms with Gasteiger partial charge in [-0.3, -0.25) is 0 Å². The van der Waals surface area contributed by atoms with Gasteiger partial charge in [-0.2, -0.15) is 0 Å². The highest BCUT2D eigenvalue weighted by Crippen LogP contribution is 2.08. The first-order chi connectivity index (χ1) is 10.6. The average molecular weight is 317 g/mol. The number of nitrogens with one attached hydrogen (secondary N) is 1. The van der Waals surface area contributed by atoms with Crippen molar-refractivity contribution in [3.63, 3.8) is 0 Å². The molecule has 1 aliphatic heterocycles. The van der Waals surface area contributed by atoms with E-state index in [2.05, 4.69) is 22.9 Å². The monoisotopic (exact) mass is 317 g/mol. The molecule has 1 fully saturated rings. The molecule has 0 aliphatic carbocycles. The Bertz CT molecular complexity index is 291. The molecular weight excluding hydrogens is 286 g/mol. The second-order valence-electron chi connectivity index (χ2n) is 5.36. The zero-order chi connectivity index (χ0) is 16.6. The van der Waals surface area contributed by atoms with Gasteiger partial charge in [0.2, 0.25) is 0 Å². The molecule has 0 aromatic rings. The number of alkyl carbamates (subject to hydrolysis) is 1. The summed E-state index contributed by atoms with van der Waals surface area (Å²) in [5, 5.41) is 9.98. The summed E-state index contributed by atoms with van der Waals surface area (Å²) in [6.07, 6.45) is 6.73. The molecule has 0 atom stereocenters. The minimum Gasteiger partial charge on any atom is -0.465 e. The van der Waals surface area contributed by atoms with E-state index in [1.54, 1.807) is 0 Å². The summed E-state index contributed by atoms with van der Waals surface area (Å²) in [7, 11) is 0. The van der Waals surface area contributed by atoms with Crippen LogP contribution in [0.5, 0.6) is 0 Å². The van der Waals surface area contributed by atoms with Crippen LogP contribution in [-0.4, -0.2) is 55.0 Å². The fourth-order valence-electron chi connectivity index (χ4n) is 2.25. The standard InChI is InChI=1S/C14H28N2O2.CH3NO2/c1-2-3-5-9-15-14(17)18-13-8-12-16-10-6-4-7-11-16;2-1(3)4/h2-13H2,1H3,(H,15,17);2H2,(H,3,4). The number of amides is 2. The fourth-order valence-corrected chi connectivity index (χ4v) is 2.25. The van der Waals surface area contributed by atoms with Crippen LogP contribution in [0.25, 0.3) is 0 Å². The summed E-state index contributed by atoms with van der Waals surface area (Å²) in [5.74, 6) is 0. The summed E-state index contributed by atoms with van der Waals surface area (Å²) in [6.45, 7) is 6.91. The Labute approximate surface area is 133 Å². The number of rotatable bonds is 8. The predicted molar refractivity (Wildman–Crippen MR) is 86.0 cm³/mol. The third-order valence-corrected chi connectivity index (χ3v) is 3.35. The number of nitrogens with two attached hydrogens (primary N) is 1. The van der Waals surface area contributed by atoms with Crippen LogP contribution in [0.15, 0.2) is 0 Å². The topological polar surface area (TPSA) is 105 Å². The first-order valence-corrected chi connectivity index (χ1v) is 8.17. The van der Waals surface area contributed by atoms with Crippen molar-refractivity contribution in [3.05, 3.63) is 0 Å². The SMILES string of the molecule is CCCCCNC(=O)OCCCN1CCCCC1.NC(=O)O. The minimum atomic E-state index is -1.33. The smallest absolute Gasteiger partial charge is 0.407 e. The van der Waals surface area contributed by atoms with Crippen LogP contribution in [-0.2, 0) is 4.74 Å². The van der Waals surface area contributed by atoms with Crippen LogP contribution in [0, 0.1) is 0 Å². The summed E-state index contributed by atoms with van der Waals surface area (Å²) in [5.41, 5.74) is 4.03. The van der Waals surface area contributed by atoms with Crippen molar-refractivity contribution in [3.8, 4) is 0 Å². The van der Waals surface area contributed by atoms with E-state index in [-0.39, 0.29) is 6.09 Å². The van der Waals surface area contributed by atoms with E-state index in [4.69, 9.17) is 14.6 Å². The lowest BCUT2D eigenvalue weighted by Crippen LogP contribution is -2.32. The number of carbonyl (C=O) groups is 2. The number of carboxylic acid groups (broad SMARTS) is 1. The number of carbonyl (C=O) groups excluding carboxylic acids is 1. The molecule has 130 valence electrons. The fraction of sp³-hybridized carbons (Fsp3) is 0.867. The lowest BCUT2D eigenvalue weighted by Gasteiger charge is -2.26. The van der Waals surface area contributed by atoms with E-state index < -0.39 is 6.09 Å². The lowest BCUT2D eigenvalue weighted by atomic mass is 10.1. The maximum absolute atomic E-state index is 11.3. The van der Waals surface area contributed by atoms with Gasteiger partial charge in [0.15, 0.2) is 0 Å². The highest BCUT2D eigenvalue weighted by molar-refractivity contribution is 5.66. The molecule has 0 aromatic heterocycles. The lowest BCUT2D eigenvalue weighted by molar-refractivity contribution is 0.135. The van der Waals surface area contributed by atoms with Crippen LogP contribution in [0.1, 0.15) is 51.9 Å². The number of nitrogens with zero attached hydrogens (tertiary/aromatic N) is 1. The molecule has 1 heterocycles. The van der Waals surface area contributed by atoms with Gasteiger partial charge in [-0.25, -0.2) is 9.59 Å². The molecule has 2 amide bonds. The number of primary amides is 1. The number of hydrogen-bond donors (Lipinski definition) is 3. The molecule has 7 heteroatoms. The van der Waals surface area contributed by atoms with Crippen LogP contribution in [0.4, 0.5) is 9.59 Å². The highest BCUT2D eigenvalue weighted by atomic mass is 16.5. The van der Waals surface area contributed by atoms with Crippen molar-refractivity contribution in [1.82, 2.24) is 10.2 Å². The van der Waals surface area contributed by atoms with E-state index in [1.165, 1.54) is 38.8 Å². The Morgan fingerprint density at radius 2 is 1.82 bits per heavy atom. The Kier molecular flexibility index (Phi) is 13.5. The van der Waals surface area contributed by atoms with Crippen LogP contribution in [0.2, 0.25) is 0 Å². The van der Waals surface area contributed by atoms with Gasteiger partial charge in [0.05, 0.1) is 6.61 Å². The predicted octanol–water partition coefficient (Wildman–Crippen LogP) is 2.40. The van der Waals surface area contributed by atoms with Gasteiger partial charge < -0.3 is 25.8 Å². The second kappa shape index (κ2) is 14.4. The molecule has 22 heavy (non-hydrogen) atoms. The van der Waals surface area contributed by atoms with E-state index in [0.29, 0.717) is 6.61 Å². The van der Waals surface area contributed by atoms with Crippen LogP contribution in [0.3, 0.4) is 0 Å². The van der Waals surface area contributed by atoms with Gasteiger partial charge >= 0.3 is 12.2 Å². The first kappa shape index (κ1) is 20.5. The molecule has 0 unspecified atom stereocenters. The molecular formula is C15H31N3O4. The normalized spacial score (nSPS) is 14.6. The molecule has 4 N–H and O–H groups in total. The van der Waals surface area contributed by atoms with E-state index in [1.807, 2.05) is 0 Å². The Hall–Kier alpha value is -1.50. The van der Waals surface area contributed by atoms with Crippen LogP contribution < -0.4 is 11.1 Å². The third-order valence-electron chi connectivity index (χ3n) is 3.35. The molecule has 0 bridgehead atoms. The van der Waals surface area contributed by atoms with Crippen molar-refractivity contribution in [2.75, 3.05) is 32.8 Å². The van der Waals surface area contributed by atoms with E-state index in [9.17, 15) is 4.79 Å². The molecule has 1 saturated heterocycles. The molecule has 0 radical (unpaired) electrons. The molecule has 7 nitrogen and oxygen atoms in total. The van der Waals surface area contributed by atoms with E-state index >= 15 is 0 Å². The minimum absolute atomic E-state index is 0.259. The number of ether oxygens (including phenoxy) is 1. The largest absolute Gasteiger partial charge is 0.465 e. The average Bonchev–Trinajstić information content (AvgIpc) is 2.49. The first-order valence-electron chi connectivity index (χ1n) is 8.17. The van der Waals surface area contributed by atoms with Crippen LogP contribution >= 0.6 is 0 Å². The van der Waals surface area contributed by atoms with Gasteiger partial charge in [0.1, 0.15) is 0 Å². The number of likely N-dealkylation sites (tertiary alicyclic amines) is 1. The van der Waals surface area contributed by atoms with Crippen molar-refractivity contribution in [2.45, 2.75) is 51.9 Å². The molecule has 0 spiro atoms. The van der Waals surface area contributed by atoms with Gasteiger partial charge in [-0.05, 0) is 38.8 Å². The van der Waals surface area contributed by atoms with Crippen molar-refractivity contribution < 1.29 is 19.4 Å². The molecule has 1 aliphatic rings. The third kappa shape index (κ3) is 14.9. The van der Waals surface area contributed by atoms with Crippen molar-refractivity contribution in [2.24, 2.45) is 5.73 Å². The highest BCUT2D eigenvalue weighted by Gasteiger charge is 2.09. The van der Waals surface area contributed by atoms with Gasteiger partial charge in [0.25, 0.3) is 0 Å². The van der Waals surface area contributed by atoms with Crippen molar-refractivity contribution >= 4 is 12.2 Å². The summed E-state index contributed by atoms with van der Waals surface area (Å²) in [4.78, 5) is 22.6. The maximum Gasteiger partial charge on any atom is 0.407 e. The number of unbranched alkanes of at least 4 members (excludes halogenated alkanes) is 2. The number of piperidine rings is 1. The van der Waals surface area contributed by atoms with Gasteiger partial charge in [-0.1, -0.05) is 26.2 Å². The molecule has 1 rings (SSSR count). The van der Waals surface area contributed by atoms with Crippen molar-refractivity contribution in [1.29, 1.82) is 0 Å². The summed E-state index contributed by atoms with van der Waals surface area (Å²) < 4.78 is 5.14. The quantitative estimate of drug-likeness (QED) is 0.596. The van der Waals surface area contributed by atoms with E-state index in [0.717, 1.165) is 32.4 Å². The summed E-state index contributed by atoms with van der Waals surface area (Å²) in [6, 6.07) is 0. The number of hydrogen-bond acceptors (Lipinski definition) is 4.